The summed E-state index contributed by atoms with van der Waals surface area (Å²) in [5, 5.41) is 25.1. The summed E-state index contributed by atoms with van der Waals surface area (Å²) < 4.78 is 16.0. The highest BCUT2D eigenvalue weighted by Gasteiger charge is 2.22. The molecule has 2 heterocycles. The Kier molecular flexibility index (Phi) is 6.37. The monoisotopic (exact) mass is 479 g/mol. The van der Waals surface area contributed by atoms with Crippen molar-refractivity contribution in [2.45, 2.75) is 25.8 Å². The van der Waals surface area contributed by atoms with Crippen molar-refractivity contribution in [2.75, 3.05) is 14.2 Å². The van der Waals surface area contributed by atoms with Gasteiger partial charge in [0.2, 0.25) is 11.7 Å². The highest BCUT2D eigenvalue weighted by molar-refractivity contribution is 5.91. The van der Waals surface area contributed by atoms with Gasteiger partial charge >= 0.3 is 5.63 Å². The fourth-order valence-electron chi connectivity index (χ4n) is 4.12. The summed E-state index contributed by atoms with van der Waals surface area (Å²) in [6.45, 7) is 1.67. The number of fused-ring (bicyclic) bond motifs is 2. The molecule has 0 fully saturated rings. The number of aryl methyl sites for hydroxylation is 1. The molecule has 2 aromatic carbocycles. The van der Waals surface area contributed by atoms with Gasteiger partial charge < -0.3 is 39.2 Å². The Morgan fingerprint density at radius 3 is 2.63 bits per heavy atom. The summed E-state index contributed by atoms with van der Waals surface area (Å²) in [5.74, 6) is -1.50. The topological polar surface area (TPSA) is 154 Å². The van der Waals surface area contributed by atoms with Crippen molar-refractivity contribution in [3.8, 4) is 17.2 Å². The van der Waals surface area contributed by atoms with E-state index in [2.05, 4.69) is 10.3 Å². The number of nitrogens with one attached hydrogen (secondary N) is 2. The zero-order valence-corrected chi connectivity index (χ0v) is 19.3. The van der Waals surface area contributed by atoms with Crippen molar-refractivity contribution >= 4 is 33.7 Å². The molecule has 4 rings (SSSR count). The van der Waals surface area contributed by atoms with Crippen LogP contribution < -0.4 is 25.5 Å². The minimum Gasteiger partial charge on any atom is -0.548 e. The number of hydrogen-bond donors (Lipinski definition) is 3. The fourth-order valence-corrected chi connectivity index (χ4v) is 4.12. The fraction of sp³-hybridized carbons (Fsp3) is 0.240. The maximum Gasteiger partial charge on any atom is 0.340 e. The first-order chi connectivity index (χ1) is 16.7. The number of carbonyl (C=O) groups is 2. The van der Waals surface area contributed by atoms with Crippen molar-refractivity contribution in [3.05, 3.63) is 63.6 Å². The molecule has 3 N–H and O–H groups in total. The van der Waals surface area contributed by atoms with Gasteiger partial charge in [0.05, 0.1) is 38.2 Å². The summed E-state index contributed by atoms with van der Waals surface area (Å²) in [7, 11) is 2.88. The number of benzene rings is 2. The van der Waals surface area contributed by atoms with E-state index >= 15 is 0 Å². The predicted molar refractivity (Wildman–Crippen MR) is 125 cm³/mol. The minimum absolute atomic E-state index is 0.0279. The van der Waals surface area contributed by atoms with E-state index in [9.17, 15) is 24.6 Å². The van der Waals surface area contributed by atoms with Crippen LogP contribution in [-0.4, -0.2) is 42.2 Å². The molecule has 10 nitrogen and oxygen atoms in total. The van der Waals surface area contributed by atoms with Gasteiger partial charge in [-0.3, -0.25) is 4.79 Å². The second-order valence-electron chi connectivity index (χ2n) is 8.03. The molecule has 0 bridgehead atoms. The molecule has 0 aliphatic rings. The zero-order chi connectivity index (χ0) is 25.3. The number of aromatic nitrogens is 1. The molecule has 182 valence electrons. The first-order valence-corrected chi connectivity index (χ1v) is 10.7. The van der Waals surface area contributed by atoms with E-state index < -0.39 is 30.0 Å². The highest BCUT2D eigenvalue weighted by Crippen LogP contribution is 2.36. The molecule has 0 unspecified atom stereocenters. The summed E-state index contributed by atoms with van der Waals surface area (Å²) >= 11 is 0. The van der Waals surface area contributed by atoms with E-state index in [4.69, 9.17) is 13.9 Å². The molecule has 35 heavy (non-hydrogen) atoms. The second kappa shape index (κ2) is 9.41. The predicted octanol–water partition coefficient (Wildman–Crippen LogP) is 1.33. The van der Waals surface area contributed by atoms with Crippen molar-refractivity contribution < 1.29 is 33.7 Å². The van der Waals surface area contributed by atoms with E-state index in [1.54, 1.807) is 31.3 Å². The van der Waals surface area contributed by atoms with Crippen LogP contribution in [0.3, 0.4) is 0 Å². The molecule has 4 aromatic rings. The Labute approximate surface area is 199 Å². The number of carboxylic acids is 1. The summed E-state index contributed by atoms with van der Waals surface area (Å²) in [6.07, 6.45) is 1.13. The number of aromatic hydroxyl groups is 1. The normalized spacial score (nSPS) is 12.0. The van der Waals surface area contributed by atoms with Crippen LogP contribution in [0, 0.1) is 6.92 Å². The SMILES string of the molecule is COc1ccc2c(C)c(CC(=O)N[C@@H](Cc3c[nH]c4ccc(O)cc34)C(=O)[O-])c(=O)oc2c1OC. The number of phenolic OH excluding ortho intramolecular Hbond substituents is 1. The zero-order valence-electron chi connectivity index (χ0n) is 19.3. The molecule has 0 spiro atoms. The van der Waals surface area contributed by atoms with Gasteiger partial charge in [0.25, 0.3) is 0 Å². The Hall–Kier alpha value is -4.47. The summed E-state index contributed by atoms with van der Waals surface area (Å²) in [5.41, 5.74) is 1.33. The molecule has 1 atom stereocenters. The van der Waals surface area contributed by atoms with Crippen LogP contribution in [0.2, 0.25) is 0 Å². The van der Waals surface area contributed by atoms with Crippen molar-refractivity contribution in [1.29, 1.82) is 0 Å². The molecular weight excluding hydrogens is 456 g/mol. The Bertz CT molecular complexity index is 1500. The average Bonchev–Trinajstić information content (AvgIpc) is 3.22. The number of aliphatic carboxylic acids is 1. The summed E-state index contributed by atoms with van der Waals surface area (Å²) in [4.78, 5) is 40.2. The smallest absolute Gasteiger partial charge is 0.340 e. The molecule has 0 saturated heterocycles. The van der Waals surface area contributed by atoms with Crippen LogP contribution >= 0.6 is 0 Å². The number of H-pyrrole nitrogens is 1. The first kappa shape index (κ1) is 23.7. The Morgan fingerprint density at radius 2 is 1.94 bits per heavy atom. The number of hydrogen-bond acceptors (Lipinski definition) is 8. The molecule has 0 radical (unpaired) electrons. The highest BCUT2D eigenvalue weighted by atomic mass is 16.5. The standard InChI is InChI=1S/C25H24N2O8/c1-12-15-5-7-20(33-2)23(34-3)22(15)35-25(32)16(12)10-21(29)27-19(24(30)31)8-13-11-26-18-6-4-14(28)9-17(13)18/h4-7,9,11,19,26,28H,8,10H2,1-3H3,(H,27,29)(H,30,31)/p-1/t19-/m0/s1. The quantitative estimate of drug-likeness (QED) is 0.320. The number of methoxy groups -OCH3 is 2. The number of amides is 1. The van der Waals surface area contributed by atoms with E-state index in [-0.39, 0.29) is 29.1 Å². The molecule has 0 aliphatic heterocycles. The number of carbonyl (C=O) groups excluding carboxylic acids is 2. The van der Waals surface area contributed by atoms with E-state index in [1.165, 1.54) is 26.4 Å². The van der Waals surface area contributed by atoms with Crippen LogP contribution in [0.25, 0.3) is 21.9 Å². The van der Waals surface area contributed by atoms with Gasteiger partial charge in [-0.15, -0.1) is 0 Å². The maximum absolute atomic E-state index is 12.8. The molecule has 10 heteroatoms. The largest absolute Gasteiger partial charge is 0.548 e. The number of ether oxygens (including phenoxy) is 2. The van der Waals surface area contributed by atoms with E-state index in [0.717, 1.165) is 0 Å². The third-order valence-corrected chi connectivity index (χ3v) is 5.93. The van der Waals surface area contributed by atoms with Gasteiger partial charge in [0.1, 0.15) is 5.75 Å². The minimum atomic E-state index is -1.48. The Morgan fingerprint density at radius 1 is 1.17 bits per heavy atom. The van der Waals surface area contributed by atoms with Gasteiger partial charge in [-0.05, 0) is 48.4 Å². The number of aromatic amines is 1. The molecule has 0 saturated carbocycles. The molecule has 2 aromatic heterocycles. The molecule has 1 amide bonds. The van der Waals surface area contributed by atoms with Crippen molar-refractivity contribution in [3.63, 3.8) is 0 Å². The molecule has 0 aliphatic carbocycles. The lowest BCUT2D eigenvalue weighted by atomic mass is 10.0. The van der Waals surface area contributed by atoms with Crippen LogP contribution in [0.4, 0.5) is 0 Å². The molecular formula is C25H23N2O8-. The Balaban J connectivity index is 1.59. The lowest BCUT2D eigenvalue weighted by Gasteiger charge is -2.20. The van der Waals surface area contributed by atoms with Gasteiger partial charge in [-0.2, -0.15) is 0 Å². The van der Waals surface area contributed by atoms with Crippen molar-refractivity contribution in [2.24, 2.45) is 0 Å². The van der Waals surface area contributed by atoms with E-state index in [0.29, 0.717) is 33.2 Å². The van der Waals surface area contributed by atoms with Gasteiger partial charge in [0, 0.05) is 28.9 Å². The van der Waals surface area contributed by atoms with Crippen LogP contribution in [-0.2, 0) is 22.4 Å². The summed E-state index contributed by atoms with van der Waals surface area (Å²) in [6, 6.07) is 6.65. The third-order valence-electron chi connectivity index (χ3n) is 5.93. The lowest BCUT2D eigenvalue weighted by molar-refractivity contribution is -0.308. The lowest BCUT2D eigenvalue weighted by Crippen LogP contribution is -2.49. The maximum atomic E-state index is 12.8. The van der Waals surface area contributed by atoms with Gasteiger partial charge in [0.15, 0.2) is 11.3 Å². The number of carboxylic acid groups (broad SMARTS) is 1. The van der Waals surface area contributed by atoms with Crippen LogP contribution in [0.15, 0.2) is 45.7 Å². The van der Waals surface area contributed by atoms with Gasteiger partial charge in [-0.25, -0.2) is 4.79 Å². The number of rotatable bonds is 8. The van der Waals surface area contributed by atoms with Crippen LogP contribution in [0.5, 0.6) is 17.2 Å². The second-order valence-corrected chi connectivity index (χ2v) is 8.03. The third kappa shape index (κ3) is 4.50. The van der Waals surface area contributed by atoms with Crippen LogP contribution in [0.1, 0.15) is 16.7 Å². The average molecular weight is 479 g/mol. The van der Waals surface area contributed by atoms with Crippen molar-refractivity contribution in [1.82, 2.24) is 10.3 Å². The van der Waals surface area contributed by atoms with E-state index in [1.807, 2.05) is 0 Å². The number of phenols is 1. The van der Waals surface area contributed by atoms with Gasteiger partial charge in [-0.1, -0.05) is 0 Å². The first-order valence-electron chi connectivity index (χ1n) is 10.7.